The molecule has 0 radical (unpaired) electrons. The van der Waals surface area contributed by atoms with E-state index in [0.29, 0.717) is 0 Å². The van der Waals surface area contributed by atoms with Crippen LogP contribution in [0.1, 0.15) is 45.1 Å². The molecule has 3 nitrogen and oxygen atoms in total. The lowest BCUT2D eigenvalue weighted by Crippen LogP contribution is -2.48. The van der Waals surface area contributed by atoms with Crippen LogP contribution in [-0.4, -0.2) is 23.4 Å². The second-order valence-electron chi connectivity index (χ2n) is 7.15. The van der Waals surface area contributed by atoms with Crippen molar-refractivity contribution < 1.29 is 5.11 Å². The van der Waals surface area contributed by atoms with Crippen molar-refractivity contribution in [2.24, 2.45) is 0 Å². The van der Waals surface area contributed by atoms with Gasteiger partial charge in [-0.05, 0) is 60.9 Å². The second kappa shape index (κ2) is 9.37. The molecule has 3 rings (SSSR count). The predicted molar refractivity (Wildman–Crippen MR) is 119 cm³/mol. The van der Waals surface area contributed by atoms with Gasteiger partial charge in [-0.25, -0.2) is 0 Å². The maximum Gasteiger partial charge on any atom is 0.0693 e. The van der Waals surface area contributed by atoms with E-state index in [-0.39, 0.29) is 12.1 Å². The second-order valence-corrected chi connectivity index (χ2v) is 8.85. The number of para-hydroxylation sites is 1. The van der Waals surface area contributed by atoms with Crippen molar-refractivity contribution in [2.45, 2.75) is 61.5 Å². The molecule has 2 N–H and O–H groups in total. The fourth-order valence-electron chi connectivity index (χ4n) is 3.63. The minimum Gasteiger partial charge on any atom is -0.392 e. The molecule has 0 aliphatic carbocycles. The van der Waals surface area contributed by atoms with Gasteiger partial charge in [0.2, 0.25) is 0 Å². The summed E-state index contributed by atoms with van der Waals surface area (Å²) in [6, 6.07) is 15.1. The summed E-state index contributed by atoms with van der Waals surface area (Å²) in [7, 11) is 0. The lowest BCUT2D eigenvalue weighted by atomic mass is 9.89. The quantitative estimate of drug-likeness (QED) is 0.439. The van der Waals surface area contributed by atoms with Gasteiger partial charge in [-0.1, -0.05) is 44.9 Å². The summed E-state index contributed by atoms with van der Waals surface area (Å²) < 4.78 is 3.81. The molecule has 2 aromatic rings. The third-order valence-electron chi connectivity index (χ3n) is 5.41. The topological polar surface area (TPSA) is 35.5 Å². The van der Waals surface area contributed by atoms with Crippen LogP contribution in [0, 0.1) is 0 Å². The zero-order chi connectivity index (χ0) is 19.3. The number of rotatable bonds is 7. The van der Waals surface area contributed by atoms with Crippen LogP contribution >= 0.6 is 23.7 Å². The average molecular weight is 403 g/mol. The van der Waals surface area contributed by atoms with Gasteiger partial charge in [0.1, 0.15) is 0 Å². The van der Waals surface area contributed by atoms with Crippen LogP contribution in [0.15, 0.2) is 52.3 Å². The SMILES string of the molecule is CCCCC1(CC)CN(c2ccccc2)c2cc(SC)c(CO)cc2SN1. The number of benzene rings is 2. The molecule has 1 aliphatic rings. The van der Waals surface area contributed by atoms with Gasteiger partial charge in [-0.2, -0.15) is 0 Å². The molecular weight excluding hydrogens is 372 g/mol. The third kappa shape index (κ3) is 4.48. The number of nitrogens with one attached hydrogen (secondary N) is 1. The van der Waals surface area contributed by atoms with Gasteiger partial charge < -0.3 is 10.0 Å². The molecule has 1 atom stereocenters. The van der Waals surface area contributed by atoms with Crippen LogP contribution < -0.4 is 9.62 Å². The summed E-state index contributed by atoms with van der Waals surface area (Å²) in [5.41, 5.74) is 3.52. The molecule has 0 amide bonds. The molecule has 0 bridgehead atoms. The summed E-state index contributed by atoms with van der Waals surface area (Å²) >= 11 is 3.43. The Morgan fingerprint density at radius 2 is 2.00 bits per heavy atom. The third-order valence-corrected chi connectivity index (χ3v) is 7.32. The first-order valence-electron chi connectivity index (χ1n) is 9.74. The number of anilines is 2. The smallest absolute Gasteiger partial charge is 0.0693 e. The highest BCUT2D eigenvalue weighted by molar-refractivity contribution is 7.98. The number of thioether (sulfide) groups is 1. The van der Waals surface area contributed by atoms with Crippen molar-refractivity contribution in [1.82, 2.24) is 4.72 Å². The van der Waals surface area contributed by atoms with E-state index in [1.807, 2.05) is 0 Å². The lowest BCUT2D eigenvalue weighted by molar-refractivity contribution is 0.278. The van der Waals surface area contributed by atoms with Crippen molar-refractivity contribution in [1.29, 1.82) is 0 Å². The van der Waals surface area contributed by atoms with E-state index in [9.17, 15) is 5.11 Å². The van der Waals surface area contributed by atoms with E-state index in [4.69, 9.17) is 0 Å². The first kappa shape index (κ1) is 20.6. The first-order valence-corrected chi connectivity index (χ1v) is 11.8. The number of hydrogen-bond acceptors (Lipinski definition) is 5. The molecule has 1 aliphatic heterocycles. The number of hydrogen-bond donors (Lipinski definition) is 2. The largest absolute Gasteiger partial charge is 0.392 e. The summed E-state index contributed by atoms with van der Waals surface area (Å²) in [4.78, 5) is 4.80. The van der Waals surface area contributed by atoms with Gasteiger partial charge in [0, 0.05) is 27.6 Å². The minimum atomic E-state index is 0.0639. The fourth-order valence-corrected chi connectivity index (χ4v) is 5.35. The van der Waals surface area contributed by atoms with Gasteiger partial charge in [-0.3, -0.25) is 4.72 Å². The summed E-state index contributed by atoms with van der Waals surface area (Å²) in [5.74, 6) is 0. The highest BCUT2D eigenvalue weighted by Gasteiger charge is 2.35. The van der Waals surface area contributed by atoms with Gasteiger partial charge in [0.05, 0.1) is 12.3 Å². The molecular formula is C22H30N2OS2. The van der Waals surface area contributed by atoms with Crippen LogP contribution in [0.3, 0.4) is 0 Å². The normalized spacial score (nSPS) is 19.6. The fraction of sp³-hybridized carbons (Fsp3) is 0.455. The summed E-state index contributed by atoms with van der Waals surface area (Å²) in [6.45, 7) is 5.56. The number of aliphatic hydroxyl groups is 1. The molecule has 1 heterocycles. The predicted octanol–water partition coefficient (Wildman–Crippen LogP) is 5.99. The van der Waals surface area contributed by atoms with Crippen molar-refractivity contribution >= 4 is 35.1 Å². The Morgan fingerprint density at radius 3 is 2.63 bits per heavy atom. The van der Waals surface area contributed by atoms with E-state index < -0.39 is 0 Å². The molecule has 0 aromatic heterocycles. The van der Waals surface area contributed by atoms with Crippen LogP contribution in [0.5, 0.6) is 0 Å². The number of unbranched alkanes of at least 4 members (excludes halogenated alkanes) is 1. The number of aliphatic hydroxyl groups excluding tert-OH is 1. The Bertz CT molecular complexity index is 753. The molecule has 0 saturated carbocycles. The number of fused-ring (bicyclic) bond motifs is 1. The zero-order valence-corrected chi connectivity index (χ0v) is 18.1. The molecule has 0 spiro atoms. The summed E-state index contributed by atoms with van der Waals surface area (Å²) in [5, 5.41) is 9.81. The van der Waals surface area contributed by atoms with Crippen molar-refractivity contribution in [3.63, 3.8) is 0 Å². The zero-order valence-electron chi connectivity index (χ0n) is 16.5. The lowest BCUT2D eigenvalue weighted by Gasteiger charge is -2.37. The van der Waals surface area contributed by atoms with E-state index in [2.05, 4.69) is 72.2 Å². The van der Waals surface area contributed by atoms with Gasteiger partial charge in [0.25, 0.3) is 0 Å². The molecule has 2 aromatic carbocycles. The van der Waals surface area contributed by atoms with E-state index >= 15 is 0 Å². The van der Waals surface area contributed by atoms with Crippen LogP contribution in [0.25, 0.3) is 0 Å². The molecule has 146 valence electrons. The van der Waals surface area contributed by atoms with E-state index in [1.165, 1.54) is 29.1 Å². The first-order chi connectivity index (χ1) is 13.2. The Kier molecular flexibility index (Phi) is 7.15. The van der Waals surface area contributed by atoms with Crippen molar-refractivity contribution in [3.05, 3.63) is 48.0 Å². The molecule has 1 unspecified atom stereocenters. The van der Waals surface area contributed by atoms with E-state index in [1.54, 1.807) is 23.7 Å². The Morgan fingerprint density at radius 1 is 1.22 bits per heavy atom. The molecule has 5 heteroatoms. The molecule has 27 heavy (non-hydrogen) atoms. The standard InChI is InChI=1S/C22H30N2OS2/c1-4-6-12-22(5-2)16-24(18-10-8-7-9-11-18)19-14-20(26-3)17(15-25)13-21(19)27-23-22/h7-11,13-14,23,25H,4-6,12,15-16H2,1-3H3. The molecule has 0 fully saturated rings. The average Bonchev–Trinajstić information content (AvgIpc) is 2.89. The highest BCUT2D eigenvalue weighted by Crippen LogP contribution is 2.43. The summed E-state index contributed by atoms with van der Waals surface area (Å²) in [6.07, 6.45) is 6.75. The van der Waals surface area contributed by atoms with Gasteiger partial charge in [0.15, 0.2) is 0 Å². The van der Waals surface area contributed by atoms with Crippen molar-refractivity contribution in [3.8, 4) is 0 Å². The van der Waals surface area contributed by atoms with Crippen molar-refractivity contribution in [2.75, 3.05) is 17.7 Å². The van der Waals surface area contributed by atoms with Gasteiger partial charge >= 0.3 is 0 Å². The molecule has 0 saturated heterocycles. The highest BCUT2D eigenvalue weighted by atomic mass is 32.2. The van der Waals surface area contributed by atoms with Gasteiger partial charge in [-0.15, -0.1) is 11.8 Å². The Balaban J connectivity index is 2.10. The number of nitrogens with zero attached hydrogens (tertiary/aromatic N) is 1. The maximum absolute atomic E-state index is 9.81. The van der Waals surface area contributed by atoms with Crippen LogP contribution in [0.4, 0.5) is 11.4 Å². The van der Waals surface area contributed by atoms with Crippen LogP contribution in [0.2, 0.25) is 0 Å². The van der Waals surface area contributed by atoms with Crippen LogP contribution in [-0.2, 0) is 6.61 Å². The van der Waals surface area contributed by atoms with E-state index in [0.717, 1.165) is 29.8 Å². The Labute approximate surface area is 172 Å². The minimum absolute atomic E-state index is 0.0639. The maximum atomic E-state index is 9.81. The monoisotopic (exact) mass is 402 g/mol. The Hall–Kier alpha value is -1.14.